The van der Waals surface area contributed by atoms with Gasteiger partial charge in [-0.1, -0.05) is 71.2 Å². The van der Waals surface area contributed by atoms with Crippen molar-refractivity contribution in [2.45, 2.75) is 51.7 Å². The third kappa shape index (κ3) is 9.26. The van der Waals surface area contributed by atoms with Crippen LogP contribution in [0.15, 0.2) is 72.8 Å². The normalized spacial score (nSPS) is 11.7. The highest BCUT2D eigenvalue weighted by atomic mass is 35.5. The van der Waals surface area contributed by atoms with Gasteiger partial charge in [-0.15, -0.1) is 0 Å². The Morgan fingerprint density at radius 3 is 2.24 bits per heavy atom. The van der Waals surface area contributed by atoms with E-state index in [1.807, 2.05) is 50.2 Å². The first-order valence-electron chi connectivity index (χ1n) is 12.2. The molecule has 5 nitrogen and oxygen atoms in total. The van der Waals surface area contributed by atoms with Crippen LogP contribution in [0.4, 0.5) is 0 Å². The monoisotopic (exact) mass is 560 g/mol. The number of ether oxygens (including phenoxy) is 1. The second kappa shape index (κ2) is 14.3. The Hall–Kier alpha value is -2.73. The van der Waals surface area contributed by atoms with E-state index in [1.54, 1.807) is 41.3 Å². The van der Waals surface area contributed by atoms with Crippen molar-refractivity contribution in [1.29, 1.82) is 0 Å². The summed E-state index contributed by atoms with van der Waals surface area (Å²) >= 11 is 18.3. The highest BCUT2D eigenvalue weighted by Gasteiger charge is 2.30. The molecule has 3 aromatic rings. The predicted octanol–water partition coefficient (Wildman–Crippen LogP) is 6.97. The first-order valence-corrected chi connectivity index (χ1v) is 13.3. The summed E-state index contributed by atoms with van der Waals surface area (Å²) in [5.41, 5.74) is 1.75. The fourth-order valence-electron chi connectivity index (χ4n) is 3.86. The lowest BCUT2D eigenvalue weighted by Gasteiger charge is -2.32. The van der Waals surface area contributed by atoms with E-state index in [-0.39, 0.29) is 30.8 Å². The molecule has 0 saturated carbocycles. The minimum atomic E-state index is -0.705. The fraction of sp³-hybridized carbons (Fsp3) is 0.310. The summed E-state index contributed by atoms with van der Waals surface area (Å²) in [5.74, 6) is 0.332. The molecule has 0 spiro atoms. The molecule has 0 radical (unpaired) electrons. The Labute approximate surface area is 233 Å². The summed E-state index contributed by atoms with van der Waals surface area (Å²) in [6.45, 7) is 4.37. The summed E-state index contributed by atoms with van der Waals surface area (Å²) < 4.78 is 5.75. The maximum absolute atomic E-state index is 13.6. The topological polar surface area (TPSA) is 58.6 Å². The quantitative estimate of drug-likeness (QED) is 0.243. The lowest BCUT2D eigenvalue weighted by Crippen LogP contribution is -2.51. The van der Waals surface area contributed by atoms with Crippen molar-refractivity contribution in [3.63, 3.8) is 0 Å². The molecule has 0 heterocycles. The van der Waals surface area contributed by atoms with E-state index in [0.717, 1.165) is 11.1 Å². The average Bonchev–Trinajstić information content (AvgIpc) is 2.87. The van der Waals surface area contributed by atoms with E-state index in [1.165, 1.54) is 0 Å². The third-order valence-electron chi connectivity index (χ3n) is 5.66. The molecule has 1 atom stereocenters. The van der Waals surface area contributed by atoms with Crippen molar-refractivity contribution >= 4 is 46.6 Å². The molecule has 0 aliphatic heterocycles. The Kier molecular flexibility index (Phi) is 11.1. The largest absolute Gasteiger partial charge is 0.494 e. The molecule has 3 rings (SSSR count). The maximum Gasteiger partial charge on any atom is 0.243 e. The van der Waals surface area contributed by atoms with E-state index < -0.39 is 6.04 Å². The van der Waals surface area contributed by atoms with Crippen molar-refractivity contribution in [3.8, 4) is 5.75 Å². The van der Waals surface area contributed by atoms with Crippen LogP contribution < -0.4 is 10.1 Å². The Morgan fingerprint density at radius 2 is 1.59 bits per heavy atom. The Balaban J connectivity index is 1.80. The van der Waals surface area contributed by atoms with Crippen molar-refractivity contribution in [1.82, 2.24) is 10.2 Å². The number of nitrogens with zero attached hydrogens (tertiary/aromatic N) is 1. The molecule has 0 bridgehead atoms. The number of carbonyl (C=O) groups is 2. The average molecular weight is 562 g/mol. The minimum Gasteiger partial charge on any atom is -0.494 e. The standard InChI is InChI=1S/C29H31Cl3N2O3/c1-20(2)33-29(36)27(18-21-7-4-3-5-8-21)34(19-22-10-15-25(31)26(32)17-22)28(35)9-6-16-37-24-13-11-23(30)12-14-24/h3-5,7-8,10-15,17,20,27H,6,9,16,18-19H2,1-2H3,(H,33,36). The molecular weight excluding hydrogens is 531 g/mol. The number of nitrogens with one attached hydrogen (secondary N) is 1. The number of carbonyl (C=O) groups excluding carboxylic acids is 2. The minimum absolute atomic E-state index is 0.0690. The van der Waals surface area contributed by atoms with Gasteiger partial charge in [0.2, 0.25) is 11.8 Å². The van der Waals surface area contributed by atoms with Gasteiger partial charge >= 0.3 is 0 Å². The summed E-state index contributed by atoms with van der Waals surface area (Å²) in [6.07, 6.45) is 1.09. The number of amides is 2. The molecule has 1 unspecified atom stereocenters. The summed E-state index contributed by atoms with van der Waals surface area (Å²) in [4.78, 5) is 28.6. The van der Waals surface area contributed by atoms with Gasteiger partial charge in [0.1, 0.15) is 11.8 Å². The SMILES string of the molecule is CC(C)NC(=O)C(Cc1ccccc1)N(Cc1ccc(Cl)c(Cl)c1)C(=O)CCCOc1ccc(Cl)cc1. The first-order chi connectivity index (χ1) is 17.7. The zero-order chi connectivity index (χ0) is 26.8. The molecule has 0 aromatic heterocycles. The van der Waals surface area contributed by atoms with Gasteiger partial charge in [0, 0.05) is 30.5 Å². The smallest absolute Gasteiger partial charge is 0.243 e. The van der Waals surface area contributed by atoms with Gasteiger partial charge in [-0.05, 0) is 67.8 Å². The molecule has 0 aliphatic carbocycles. The van der Waals surface area contributed by atoms with Crippen LogP contribution in [0.5, 0.6) is 5.75 Å². The molecule has 0 fully saturated rings. The maximum atomic E-state index is 13.6. The van der Waals surface area contributed by atoms with E-state index in [0.29, 0.717) is 40.3 Å². The molecule has 0 saturated heterocycles. The summed E-state index contributed by atoms with van der Waals surface area (Å²) in [6, 6.07) is 21.2. The second-order valence-electron chi connectivity index (χ2n) is 9.04. The number of halogens is 3. The summed E-state index contributed by atoms with van der Waals surface area (Å²) in [5, 5.41) is 4.44. The van der Waals surface area contributed by atoms with Gasteiger partial charge in [-0.3, -0.25) is 9.59 Å². The Bertz CT molecular complexity index is 1170. The fourth-order valence-corrected chi connectivity index (χ4v) is 4.30. The first kappa shape index (κ1) is 28.8. The van der Waals surface area contributed by atoms with Crippen LogP contribution in [0.3, 0.4) is 0 Å². The Morgan fingerprint density at radius 1 is 0.892 bits per heavy atom. The lowest BCUT2D eigenvalue weighted by atomic mass is 10.0. The number of rotatable bonds is 12. The molecule has 3 aromatic carbocycles. The predicted molar refractivity (Wildman–Crippen MR) is 150 cm³/mol. The number of benzene rings is 3. The molecule has 2 amide bonds. The van der Waals surface area contributed by atoms with E-state index in [4.69, 9.17) is 39.5 Å². The van der Waals surface area contributed by atoms with Gasteiger partial charge in [0.05, 0.1) is 16.7 Å². The highest BCUT2D eigenvalue weighted by Crippen LogP contribution is 2.25. The highest BCUT2D eigenvalue weighted by molar-refractivity contribution is 6.42. The molecule has 37 heavy (non-hydrogen) atoms. The van der Waals surface area contributed by atoms with Gasteiger partial charge in [0.25, 0.3) is 0 Å². The van der Waals surface area contributed by atoms with Gasteiger partial charge < -0.3 is 15.0 Å². The van der Waals surface area contributed by atoms with Crippen LogP contribution in [-0.2, 0) is 22.6 Å². The molecule has 196 valence electrons. The van der Waals surface area contributed by atoms with Crippen molar-refractivity contribution < 1.29 is 14.3 Å². The van der Waals surface area contributed by atoms with E-state index >= 15 is 0 Å². The number of hydrogen-bond acceptors (Lipinski definition) is 3. The van der Waals surface area contributed by atoms with Crippen LogP contribution in [0.25, 0.3) is 0 Å². The van der Waals surface area contributed by atoms with Crippen LogP contribution >= 0.6 is 34.8 Å². The zero-order valence-electron chi connectivity index (χ0n) is 20.9. The van der Waals surface area contributed by atoms with Gasteiger partial charge in [-0.2, -0.15) is 0 Å². The molecule has 1 N–H and O–H groups in total. The zero-order valence-corrected chi connectivity index (χ0v) is 23.2. The van der Waals surface area contributed by atoms with Crippen molar-refractivity contribution in [2.24, 2.45) is 0 Å². The van der Waals surface area contributed by atoms with E-state index in [9.17, 15) is 9.59 Å². The third-order valence-corrected chi connectivity index (χ3v) is 6.65. The van der Waals surface area contributed by atoms with Gasteiger partial charge in [-0.25, -0.2) is 0 Å². The van der Waals surface area contributed by atoms with Gasteiger partial charge in [0.15, 0.2) is 0 Å². The lowest BCUT2D eigenvalue weighted by molar-refractivity contribution is -0.141. The van der Waals surface area contributed by atoms with E-state index in [2.05, 4.69) is 5.32 Å². The van der Waals surface area contributed by atoms with Crippen molar-refractivity contribution in [3.05, 3.63) is 99.0 Å². The van der Waals surface area contributed by atoms with Crippen LogP contribution in [0, 0.1) is 0 Å². The van der Waals surface area contributed by atoms with Crippen LogP contribution in [0.1, 0.15) is 37.8 Å². The second-order valence-corrected chi connectivity index (χ2v) is 10.3. The molecule has 8 heteroatoms. The van der Waals surface area contributed by atoms with Crippen LogP contribution in [0.2, 0.25) is 15.1 Å². The molecular formula is C29H31Cl3N2O3. The molecule has 0 aliphatic rings. The van der Waals surface area contributed by atoms with Crippen LogP contribution in [-0.4, -0.2) is 35.4 Å². The van der Waals surface area contributed by atoms with Crippen molar-refractivity contribution in [2.75, 3.05) is 6.61 Å². The summed E-state index contributed by atoms with van der Waals surface area (Å²) in [7, 11) is 0. The number of hydrogen-bond donors (Lipinski definition) is 1.